The monoisotopic (exact) mass is 286 g/mol. The van der Waals surface area contributed by atoms with Crippen LogP contribution in [0.3, 0.4) is 0 Å². The van der Waals surface area contributed by atoms with Crippen LogP contribution in [-0.4, -0.2) is 5.11 Å². The fraction of sp³-hybridized carbons (Fsp3) is 0.700. The fourth-order valence-electron chi connectivity index (χ4n) is 5.26. The number of phenols is 1. The third-order valence-corrected chi connectivity index (χ3v) is 7.10. The average molecular weight is 286 g/mol. The molecule has 1 aromatic rings. The summed E-state index contributed by atoms with van der Waals surface area (Å²) in [5, 5.41) is 10.7. The zero-order chi connectivity index (χ0) is 15.4. The van der Waals surface area contributed by atoms with E-state index in [0.29, 0.717) is 22.5 Å². The molecule has 1 aromatic carbocycles. The zero-order valence-electron chi connectivity index (χ0n) is 14.3. The maximum atomic E-state index is 10.7. The van der Waals surface area contributed by atoms with E-state index in [2.05, 4.69) is 46.8 Å². The summed E-state index contributed by atoms with van der Waals surface area (Å²) in [6.45, 7) is 11.6. The van der Waals surface area contributed by atoms with Crippen molar-refractivity contribution < 1.29 is 5.11 Å². The second-order valence-electron chi connectivity index (χ2n) is 8.26. The van der Waals surface area contributed by atoms with Crippen LogP contribution in [0.4, 0.5) is 0 Å². The Morgan fingerprint density at radius 2 is 1.95 bits per heavy atom. The molecule has 1 heteroatoms. The van der Waals surface area contributed by atoms with Crippen LogP contribution in [0.2, 0.25) is 0 Å². The Kier molecular flexibility index (Phi) is 3.39. The van der Waals surface area contributed by atoms with Gasteiger partial charge in [0, 0.05) is 0 Å². The number of phenolic OH excluding ortho intramolecular Hbond substituents is 1. The van der Waals surface area contributed by atoms with Crippen molar-refractivity contribution in [2.24, 2.45) is 16.7 Å². The van der Waals surface area contributed by atoms with Gasteiger partial charge in [0.15, 0.2) is 0 Å². The van der Waals surface area contributed by atoms with Crippen LogP contribution in [-0.2, 0) is 6.42 Å². The van der Waals surface area contributed by atoms with Crippen molar-refractivity contribution in [3.63, 3.8) is 0 Å². The Hall–Kier alpha value is -0.980. The Morgan fingerprint density at radius 3 is 2.48 bits per heavy atom. The van der Waals surface area contributed by atoms with Crippen molar-refractivity contribution in [1.82, 2.24) is 0 Å². The van der Waals surface area contributed by atoms with E-state index in [4.69, 9.17) is 0 Å². The first-order valence-electron chi connectivity index (χ1n) is 8.63. The highest BCUT2D eigenvalue weighted by molar-refractivity contribution is 5.47. The molecule has 0 spiro atoms. The molecule has 0 heterocycles. The summed E-state index contributed by atoms with van der Waals surface area (Å²) in [5.41, 5.74) is 4.42. The van der Waals surface area contributed by atoms with E-state index in [1.165, 1.54) is 36.8 Å². The third-order valence-electron chi connectivity index (χ3n) is 7.10. The zero-order valence-corrected chi connectivity index (χ0v) is 14.3. The summed E-state index contributed by atoms with van der Waals surface area (Å²) in [7, 11) is 0. The van der Waals surface area contributed by atoms with E-state index in [1.54, 1.807) is 0 Å². The molecule has 116 valence electrons. The molecule has 0 aromatic heterocycles. The number of aromatic hydroxyl groups is 1. The van der Waals surface area contributed by atoms with Crippen LogP contribution in [0.15, 0.2) is 12.1 Å². The van der Waals surface area contributed by atoms with Crippen molar-refractivity contribution in [2.45, 2.75) is 72.6 Å². The summed E-state index contributed by atoms with van der Waals surface area (Å²) < 4.78 is 0. The van der Waals surface area contributed by atoms with Crippen LogP contribution in [0.1, 0.15) is 76.0 Å². The molecule has 1 nitrogen and oxygen atoms in total. The molecule has 3 rings (SSSR count). The highest BCUT2D eigenvalue weighted by Gasteiger charge is 2.61. The molecule has 2 aliphatic rings. The van der Waals surface area contributed by atoms with Crippen LogP contribution in [0, 0.1) is 23.7 Å². The van der Waals surface area contributed by atoms with E-state index >= 15 is 0 Å². The Balaban J connectivity index is 2.06. The summed E-state index contributed by atoms with van der Waals surface area (Å²) in [4.78, 5) is 0. The lowest BCUT2D eigenvalue weighted by molar-refractivity contribution is 0.133. The molecule has 0 aliphatic heterocycles. The van der Waals surface area contributed by atoms with Crippen molar-refractivity contribution >= 4 is 0 Å². The smallest absolute Gasteiger partial charge is 0.121 e. The van der Waals surface area contributed by atoms with Gasteiger partial charge in [0.1, 0.15) is 5.75 Å². The minimum Gasteiger partial charge on any atom is -0.507 e. The number of aryl methyl sites for hydroxylation is 2. The molecule has 2 aliphatic carbocycles. The van der Waals surface area contributed by atoms with Crippen molar-refractivity contribution in [2.75, 3.05) is 0 Å². The summed E-state index contributed by atoms with van der Waals surface area (Å²) >= 11 is 0. The SMILES string of the molecule is CCCc1cc(C)c(O)c(C2CC3CCC2(C)C3(C)C)c1. The molecule has 0 saturated heterocycles. The topological polar surface area (TPSA) is 20.2 Å². The lowest BCUT2D eigenvalue weighted by atomic mass is 9.64. The van der Waals surface area contributed by atoms with Crippen molar-refractivity contribution in [3.8, 4) is 5.75 Å². The predicted molar refractivity (Wildman–Crippen MR) is 88.8 cm³/mol. The van der Waals surface area contributed by atoms with Crippen LogP contribution < -0.4 is 0 Å². The number of benzene rings is 1. The van der Waals surface area contributed by atoms with E-state index in [0.717, 1.165) is 17.9 Å². The lowest BCUT2D eigenvalue weighted by Crippen LogP contribution is -2.31. The maximum Gasteiger partial charge on any atom is 0.121 e. The van der Waals surface area contributed by atoms with Gasteiger partial charge in [-0.05, 0) is 72.0 Å². The van der Waals surface area contributed by atoms with E-state index in [1.807, 2.05) is 0 Å². The van der Waals surface area contributed by atoms with Crippen LogP contribution in [0.5, 0.6) is 5.75 Å². The standard InChI is InChI=1S/C20H30O/c1-6-7-14-10-13(2)18(21)16(11-14)17-12-15-8-9-20(17,5)19(15,3)4/h10-11,15,17,21H,6-9,12H2,1-5H3. The number of rotatable bonds is 3. The van der Waals surface area contributed by atoms with Crippen LogP contribution in [0.25, 0.3) is 0 Å². The molecule has 1 N–H and O–H groups in total. The van der Waals surface area contributed by atoms with Gasteiger partial charge in [-0.25, -0.2) is 0 Å². The van der Waals surface area contributed by atoms with E-state index < -0.39 is 0 Å². The quantitative estimate of drug-likeness (QED) is 0.768. The Morgan fingerprint density at radius 1 is 1.24 bits per heavy atom. The molecular weight excluding hydrogens is 256 g/mol. The second-order valence-corrected chi connectivity index (χ2v) is 8.26. The van der Waals surface area contributed by atoms with Gasteiger partial charge in [-0.1, -0.05) is 46.2 Å². The third kappa shape index (κ3) is 1.96. The van der Waals surface area contributed by atoms with Gasteiger partial charge in [-0.3, -0.25) is 0 Å². The molecular formula is C20H30O. The minimum absolute atomic E-state index is 0.340. The first kappa shape index (κ1) is 14.9. The average Bonchev–Trinajstić information content (AvgIpc) is 2.75. The van der Waals surface area contributed by atoms with E-state index in [-0.39, 0.29) is 0 Å². The van der Waals surface area contributed by atoms with Gasteiger partial charge in [0.25, 0.3) is 0 Å². The predicted octanol–water partition coefficient (Wildman–Crippen LogP) is 5.58. The molecule has 0 radical (unpaired) electrons. The van der Waals surface area contributed by atoms with Crippen LogP contribution >= 0.6 is 0 Å². The molecule has 2 saturated carbocycles. The minimum atomic E-state index is 0.340. The lowest BCUT2D eigenvalue weighted by Gasteiger charge is -2.40. The molecule has 2 bridgehead atoms. The van der Waals surface area contributed by atoms with Gasteiger partial charge in [-0.2, -0.15) is 0 Å². The second kappa shape index (κ2) is 4.76. The first-order valence-corrected chi connectivity index (χ1v) is 8.63. The summed E-state index contributed by atoms with van der Waals surface area (Å²) in [6, 6.07) is 4.47. The first-order chi connectivity index (χ1) is 9.81. The molecule has 3 atom stereocenters. The van der Waals surface area contributed by atoms with Crippen molar-refractivity contribution in [1.29, 1.82) is 0 Å². The summed E-state index contributed by atoms with van der Waals surface area (Å²) in [6.07, 6.45) is 6.22. The van der Waals surface area contributed by atoms with Gasteiger partial charge >= 0.3 is 0 Å². The van der Waals surface area contributed by atoms with E-state index in [9.17, 15) is 5.11 Å². The number of hydrogen-bond acceptors (Lipinski definition) is 1. The van der Waals surface area contributed by atoms with Gasteiger partial charge in [-0.15, -0.1) is 0 Å². The van der Waals surface area contributed by atoms with Gasteiger partial charge in [0.2, 0.25) is 0 Å². The number of fused-ring (bicyclic) bond motifs is 2. The highest BCUT2D eigenvalue weighted by Crippen LogP contribution is 2.71. The number of hydrogen-bond donors (Lipinski definition) is 1. The van der Waals surface area contributed by atoms with Crippen molar-refractivity contribution in [3.05, 3.63) is 28.8 Å². The van der Waals surface area contributed by atoms with Gasteiger partial charge in [0.05, 0.1) is 0 Å². The molecule has 0 amide bonds. The largest absolute Gasteiger partial charge is 0.507 e. The highest BCUT2D eigenvalue weighted by atomic mass is 16.3. The molecule has 2 fully saturated rings. The maximum absolute atomic E-state index is 10.7. The molecule has 3 unspecified atom stereocenters. The summed E-state index contributed by atoms with van der Waals surface area (Å²) in [5.74, 6) is 1.91. The van der Waals surface area contributed by atoms with Gasteiger partial charge < -0.3 is 5.11 Å². The fourth-order valence-corrected chi connectivity index (χ4v) is 5.26. The molecule has 21 heavy (non-hydrogen) atoms. The Bertz CT molecular complexity index is 557. The Labute approximate surface area is 129 Å². The normalized spacial score (nSPS) is 33.6.